The number of hydrogen-bond acceptors (Lipinski definition) is 4. The summed E-state index contributed by atoms with van der Waals surface area (Å²) >= 11 is 1.72. The van der Waals surface area contributed by atoms with E-state index in [1.54, 1.807) is 11.3 Å². The minimum atomic E-state index is 0.575. The lowest BCUT2D eigenvalue weighted by atomic mass is 10.1. The predicted molar refractivity (Wildman–Crippen MR) is 81.8 cm³/mol. The lowest BCUT2D eigenvalue weighted by Gasteiger charge is -2.04. The van der Waals surface area contributed by atoms with Crippen LogP contribution in [0, 0.1) is 0 Å². The molecule has 3 rings (SSSR count). The summed E-state index contributed by atoms with van der Waals surface area (Å²) in [6, 6.07) is 12.2. The van der Waals surface area contributed by atoms with Crippen LogP contribution in [0.4, 0.5) is 0 Å². The Balaban J connectivity index is 1.79. The van der Waals surface area contributed by atoms with Crippen LogP contribution < -0.4 is 5.32 Å². The molecule has 0 fully saturated rings. The Labute approximate surface area is 122 Å². The van der Waals surface area contributed by atoms with Gasteiger partial charge in [0.1, 0.15) is 11.3 Å². The van der Waals surface area contributed by atoms with Crippen LogP contribution in [0.25, 0.3) is 11.0 Å². The highest BCUT2D eigenvalue weighted by Gasteiger charge is 2.13. The molecule has 0 saturated carbocycles. The first-order valence-electron chi connectivity index (χ1n) is 6.62. The first kappa shape index (κ1) is 13.4. The molecule has 0 aliphatic rings. The number of thiophene rings is 1. The topological polar surface area (TPSA) is 34.4 Å². The van der Waals surface area contributed by atoms with Crippen LogP contribution in [0.1, 0.15) is 16.2 Å². The molecule has 0 unspecified atom stereocenters. The van der Waals surface area contributed by atoms with Gasteiger partial charge in [0.05, 0.1) is 19.8 Å². The lowest BCUT2D eigenvalue weighted by molar-refractivity contribution is 0.108. The fourth-order valence-corrected chi connectivity index (χ4v) is 2.90. The number of fused-ring (bicyclic) bond motifs is 1. The molecule has 4 heteroatoms. The SMILES string of the molecule is CNCc1oc2ccccc2c1COCc1cccs1. The molecule has 0 amide bonds. The summed E-state index contributed by atoms with van der Waals surface area (Å²) in [6.45, 7) is 1.94. The van der Waals surface area contributed by atoms with Crippen molar-refractivity contribution < 1.29 is 9.15 Å². The Morgan fingerprint density at radius 3 is 2.85 bits per heavy atom. The highest BCUT2D eigenvalue weighted by molar-refractivity contribution is 7.09. The van der Waals surface area contributed by atoms with E-state index in [0.29, 0.717) is 19.8 Å². The Morgan fingerprint density at radius 2 is 2.05 bits per heavy atom. The summed E-state index contributed by atoms with van der Waals surface area (Å²) in [5.41, 5.74) is 2.07. The summed E-state index contributed by atoms with van der Waals surface area (Å²) < 4.78 is 11.7. The van der Waals surface area contributed by atoms with E-state index < -0.39 is 0 Å². The number of benzene rings is 1. The van der Waals surface area contributed by atoms with E-state index in [0.717, 1.165) is 22.3 Å². The molecule has 0 atom stereocenters. The standard InChI is InChI=1S/C16H17NO2S/c1-17-9-16-14(11-18-10-12-5-4-8-20-12)13-6-2-3-7-15(13)19-16/h2-8,17H,9-11H2,1H3. The fraction of sp³-hybridized carbons (Fsp3) is 0.250. The van der Waals surface area contributed by atoms with Crippen LogP contribution in [-0.2, 0) is 24.5 Å². The van der Waals surface area contributed by atoms with Crippen LogP contribution in [0.5, 0.6) is 0 Å². The third-order valence-electron chi connectivity index (χ3n) is 3.19. The summed E-state index contributed by atoms with van der Waals surface area (Å²) in [7, 11) is 1.92. The molecule has 0 spiro atoms. The number of ether oxygens (including phenoxy) is 1. The third kappa shape index (κ3) is 2.77. The molecule has 0 aliphatic heterocycles. The van der Waals surface area contributed by atoms with Crippen molar-refractivity contribution >= 4 is 22.3 Å². The smallest absolute Gasteiger partial charge is 0.134 e. The van der Waals surface area contributed by atoms with Crippen LogP contribution in [0.15, 0.2) is 46.2 Å². The zero-order valence-corrected chi connectivity index (χ0v) is 12.2. The number of rotatable bonds is 6. The van der Waals surface area contributed by atoms with Crippen LogP contribution >= 0.6 is 11.3 Å². The van der Waals surface area contributed by atoms with Crippen molar-refractivity contribution in [3.05, 3.63) is 58.0 Å². The number of furan rings is 1. The van der Waals surface area contributed by atoms with Crippen molar-refractivity contribution in [3.63, 3.8) is 0 Å². The molecule has 2 aromatic heterocycles. The van der Waals surface area contributed by atoms with Crippen molar-refractivity contribution in [2.24, 2.45) is 0 Å². The minimum absolute atomic E-state index is 0.575. The molecular formula is C16H17NO2S. The maximum absolute atomic E-state index is 5.89. The quantitative estimate of drug-likeness (QED) is 0.746. The average Bonchev–Trinajstić information content (AvgIpc) is 3.08. The average molecular weight is 287 g/mol. The number of nitrogens with one attached hydrogen (secondary N) is 1. The van der Waals surface area contributed by atoms with Gasteiger partial charge in [-0.2, -0.15) is 0 Å². The monoisotopic (exact) mass is 287 g/mol. The zero-order valence-electron chi connectivity index (χ0n) is 11.4. The second-order valence-corrected chi connectivity index (χ2v) is 5.63. The zero-order chi connectivity index (χ0) is 13.8. The van der Waals surface area contributed by atoms with Gasteiger partial charge in [0.25, 0.3) is 0 Å². The molecule has 3 nitrogen and oxygen atoms in total. The van der Waals surface area contributed by atoms with Crippen molar-refractivity contribution in [2.75, 3.05) is 7.05 Å². The second-order valence-electron chi connectivity index (χ2n) is 4.60. The lowest BCUT2D eigenvalue weighted by Crippen LogP contribution is -2.06. The van der Waals surface area contributed by atoms with E-state index in [9.17, 15) is 0 Å². The molecule has 0 aliphatic carbocycles. The normalized spacial score (nSPS) is 11.2. The molecule has 20 heavy (non-hydrogen) atoms. The number of para-hydroxylation sites is 1. The van der Waals surface area contributed by atoms with E-state index >= 15 is 0 Å². The molecule has 0 radical (unpaired) electrons. The third-order valence-corrected chi connectivity index (χ3v) is 4.04. The van der Waals surface area contributed by atoms with E-state index in [4.69, 9.17) is 9.15 Å². The Kier molecular flexibility index (Phi) is 4.16. The molecule has 1 N–H and O–H groups in total. The van der Waals surface area contributed by atoms with Crippen LogP contribution in [0.3, 0.4) is 0 Å². The van der Waals surface area contributed by atoms with Gasteiger partial charge in [-0.1, -0.05) is 24.3 Å². The predicted octanol–water partition coefficient (Wildman–Crippen LogP) is 3.93. The van der Waals surface area contributed by atoms with Crippen molar-refractivity contribution in [3.8, 4) is 0 Å². The maximum atomic E-state index is 5.89. The molecular weight excluding hydrogens is 270 g/mol. The summed E-state index contributed by atoms with van der Waals surface area (Å²) in [6.07, 6.45) is 0. The minimum Gasteiger partial charge on any atom is -0.459 e. The van der Waals surface area contributed by atoms with E-state index in [2.05, 4.69) is 22.8 Å². The van der Waals surface area contributed by atoms with Crippen molar-refractivity contribution in [1.29, 1.82) is 0 Å². The fourth-order valence-electron chi connectivity index (χ4n) is 2.26. The highest BCUT2D eigenvalue weighted by Crippen LogP contribution is 2.27. The van der Waals surface area contributed by atoms with Gasteiger partial charge >= 0.3 is 0 Å². The molecule has 0 bridgehead atoms. The van der Waals surface area contributed by atoms with Gasteiger partial charge in [0.2, 0.25) is 0 Å². The van der Waals surface area contributed by atoms with Gasteiger partial charge in [-0.3, -0.25) is 0 Å². The molecule has 1 aromatic carbocycles. The molecule has 2 heterocycles. The van der Waals surface area contributed by atoms with Crippen molar-refractivity contribution in [2.45, 2.75) is 19.8 Å². The van der Waals surface area contributed by atoms with Gasteiger partial charge in [-0.05, 0) is 24.6 Å². The molecule has 0 saturated heterocycles. The van der Waals surface area contributed by atoms with Gasteiger partial charge < -0.3 is 14.5 Å². The largest absolute Gasteiger partial charge is 0.459 e. The van der Waals surface area contributed by atoms with Gasteiger partial charge in [-0.15, -0.1) is 11.3 Å². The van der Waals surface area contributed by atoms with E-state index in [1.165, 1.54) is 4.88 Å². The Hall–Kier alpha value is -1.62. The Bertz CT molecular complexity index is 673. The van der Waals surface area contributed by atoms with E-state index in [1.807, 2.05) is 31.3 Å². The second kappa shape index (κ2) is 6.22. The number of hydrogen-bond donors (Lipinski definition) is 1. The summed E-state index contributed by atoms with van der Waals surface area (Å²) in [5.74, 6) is 0.958. The Morgan fingerprint density at radius 1 is 1.15 bits per heavy atom. The van der Waals surface area contributed by atoms with Gasteiger partial charge in [0, 0.05) is 15.8 Å². The molecule has 3 aromatic rings. The summed E-state index contributed by atoms with van der Waals surface area (Å²) in [5, 5.41) is 6.35. The maximum Gasteiger partial charge on any atom is 0.134 e. The molecule has 104 valence electrons. The van der Waals surface area contributed by atoms with E-state index in [-0.39, 0.29) is 0 Å². The summed E-state index contributed by atoms with van der Waals surface area (Å²) in [4.78, 5) is 1.24. The highest BCUT2D eigenvalue weighted by atomic mass is 32.1. The first-order chi connectivity index (χ1) is 9.88. The van der Waals surface area contributed by atoms with Crippen LogP contribution in [-0.4, -0.2) is 7.05 Å². The van der Waals surface area contributed by atoms with Crippen LogP contribution in [0.2, 0.25) is 0 Å². The van der Waals surface area contributed by atoms with Crippen molar-refractivity contribution in [1.82, 2.24) is 5.32 Å². The van der Waals surface area contributed by atoms with Gasteiger partial charge in [0.15, 0.2) is 0 Å². The van der Waals surface area contributed by atoms with Gasteiger partial charge in [-0.25, -0.2) is 0 Å². The first-order valence-corrected chi connectivity index (χ1v) is 7.50.